The van der Waals surface area contributed by atoms with Crippen molar-refractivity contribution >= 4 is 28.0 Å². The molecule has 0 aromatic heterocycles. The van der Waals surface area contributed by atoms with Gasteiger partial charge in [0, 0.05) is 23.0 Å². The van der Waals surface area contributed by atoms with E-state index in [1.54, 1.807) is 44.2 Å². The summed E-state index contributed by atoms with van der Waals surface area (Å²) in [5, 5.41) is 10.2. The molecular weight excluding hydrogens is 524 g/mol. The van der Waals surface area contributed by atoms with Crippen molar-refractivity contribution < 1.29 is 33.0 Å². The van der Waals surface area contributed by atoms with E-state index in [2.05, 4.69) is 15.9 Å². The maximum absolute atomic E-state index is 14.7. The third-order valence-electron chi connectivity index (χ3n) is 5.54. The molecule has 0 spiro atoms. The van der Waals surface area contributed by atoms with Gasteiger partial charge in [0.2, 0.25) is 0 Å². The van der Waals surface area contributed by atoms with Crippen LogP contribution in [0.2, 0.25) is 0 Å². The monoisotopic (exact) mass is 551 g/mol. The van der Waals surface area contributed by atoms with Crippen LogP contribution in [0, 0.1) is 0 Å². The number of benzene rings is 2. The number of carbonyl (C=O) groups is 2. The van der Waals surface area contributed by atoms with Crippen LogP contribution >= 0.6 is 15.9 Å². The van der Waals surface area contributed by atoms with E-state index in [4.69, 9.17) is 9.47 Å². The first-order valence-electron chi connectivity index (χ1n) is 11.3. The second-order valence-corrected chi connectivity index (χ2v) is 9.44. The molecule has 0 radical (unpaired) electrons. The lowest BCUT2D eigenvalue weighted by atomic mass is 10.0. The van der Waals surface area contributed by atoms with Crippen LogP contribution in [0.5, 0.6) is 0 Å². The number of cyclic esters (lactones) is 1. The lowest BCUT2D eigenvalue weighted by Gasteiger charge is -2.33. The molecule has 1 fully saturated rings. The maximum atomic E-state index is 14.7. The Morgan fingerprint density at radius 2 is 2.00 bits per heavy atom. The smallest absolute Gasteiger partial charge is 0.410 e. The van der Waals surface area contributed by atoms with Crippen molar-refractivity contribution in [3.63, 3.8) is 0 Å². The second-order valence-electron chi connectivity index (χ2n) is 8.53. The Kier molecular flexibility index (Phi) is 9.02. The van der Waals surface area contributed by atoms with Crippen LogP contribution in [-0.4, -0.2) is 53.5 Å². The Bertz CT molecular complexity index is 1060. The van der Waals surface area contributed by atoms with E-state index in [0.717, 1.165) is 11.6 Å². The molecule has 188 valence electrons. The normalized spacial score (nSPS) is 17.5. The zero-order valence-electron chi connectivity index (χ0n) is 19.5. The summed E-state index contributed by atoms with van der Waals surface area (Å²) in [5.41, 5.74) is 0.999. The number of amides is 1. The highest BCUT2D eigenvalue weighted by atomic mass is 79.9. The molecule has 2 aromatic carbocycles. The highest BCUT2D eigenvalue weighted by molar-refractivity contribution is 9.10. The molecule has 0 saturated carbocycles. The Hall–Kier alpha value is -2.78. The van der Waals surface area contributed by atoms with E-state index in [1.807, 2.05) is 0 Å². The van der Waals surface area contributed by atoms with Crippen molar-refractivity contribution in [1.82, 2.24) is 4.90 Å². The van der Waals surface area contributed by atoms with Crippen molar-refractivity contribution in [1.29, 1.82) is 0 Å². The lowest BCUT2D eigenvalue weighted by Crippen LogP contribution is -2.45. The number of aliphatic hydroxyl groups excluding tert-OH is 1. The van der Waals surface area contributed by atoms with Gasteiger partial charge >= 0.3 is 18.0 Å². The van der Waals surface area contributed by atoms with Gasteiger partial charge in [0.15, 0.2) is 0 Å². The highest BCUT2D eigenvalue weighted by Crippen LogP contribution is 2.34. The number of ether oxygens (including phenoxy) is 2. The van der Waals surface area contributed by atoms with Gasteiger partial charge in [0.25, 0.3) is 0 Å². The Labute approximate surface area is 211 Å². The summed E-state index contributed by atoms with van der Waals surface area (Å²) in [5.74, 6) is -3.91. The molecule has 0 bridgehead atoms. The fraction of sp³-hybridized carbons (Fsp3) is 0.385. The van der Waals surface area contributed by atoms with Crippen molar-refractivity contribution in [2.45, 2.75) is 50.9 Å². The van der Waals surface area contributed by atoms with Gasteiger partial charge in [-0.2, -0.15) is 8.78 Å². The summed E-state index contributed by atoms with van der Waals surface area (Å²) >= 11 is 3.16. The summed E-state index contributed by atoms with van der Waals surface area (Å²) in [4.78, 5) is 25.8. The molecule has 2 atom stereocenters. The summed E-state index contributed by atoms with van der Waals surface area (Å²) in [6, 6.07) is 12.0. The molecule has 35 heavy (non-hydrogen) atoms. The standard InChI is InChI=1S/C26H28BrF2NO5/c1-17(2)35-24(32)19-8-6-18(7-9-19)12-14-30-22(13-15-34-25(30)33)10-11-23(31)26(28,29)20-4-3-5-21(27)16-20/h3-11,16-17,22-23,31H,12-15H2,1-2H3/t22-,23+/m0/s1. The molecule has 1 saturated heterocycles. The van der Waals surface area contributed by atoms with Gasteiger partial charge in [-0.3, -0.25) is 0 Å². The number of nitrogens with zero attached hydrogens (tertiary/aromatic N) is 1. The predicted molar refractivity (Wildman–Crippen MR) is 130 cm³/mol. The number of rotatable bonds is 9. The fourth-order valence-electron chi connectivity index (χ4n) is 3.66. The first-order valence-corrected chi connectivity index (χ1v) is 12.1. The maximum Gasteiger partial charge on any atom is 0.410 e. The van der Waals surface area contributed by atoms with Gasteiger partial charge in [-0.05, 0) is 50.1 Å². The van der Waals surface area contributed by atoms with Gasteiger partial charge in [-0.25, -0.2) is 9.59 Å². The number of hydrogen-bond acceptors (Lipinski definition) is 5. The van der Waals surface area contributed by atoms with Crippen LogP contribution in [0.3, 0.4) is 0 Å². The Morgan fingerprint density at radius 1 is 1.29 bits per heavy atom. The third kappa shape index (κ3) is 7.11. The minimum Gasteiger partial charge on any atom is -0.459 e. The number of aliphatic hydroxyl groups is 1. The molecule has 0 unspecified atom stereocenters. The number of alkyl halides is 2. The van der Waals surface area contributed by atoms with Crippen LogP contribution in [0.15, 0.2) is 65.2 Å². The number of esters is 1. The minimum atomic E-state index is -3.50. The van der Waals surface area contributed by atoms with Crippen molar-refractivity contribution in [2.24, 2.45) is 0 Å². The molecule has 1 amide bonds. The van der Waals surface area contributed by atoms with Gasteiger partial charge in [0.05, 0.1) is 24.3 Å². The van der Waals surface area contributed by atoms with Gasteiger partial charge in [-0.15, -0.1) is 0 Å². The molecule has 6 nitrogen and oxygen atoms in total. The Balaban J connectivity index is 1.65. The predicted octanol–water partition coefficient (Wildman–Crippen LogP) is 5.48. The second kappa shape index (κ2) is 11.8. The van der Waals surface area contributed by atoms with E-state index in [-0.39, 0.29) is 24.8 Å². The molecule has 1 aliphatic heterocycles. The van der Waals surface area contributed by atoms with Crippen molar-refractivity contribution in [3.05, 3.63) is 81.8 Å². The summed E-state index contributed by atoms with van der Waals surface area (Å²) in [6.07, 6.45) is 0.526. The van der Waals surface area contributed by atoms with Crippen LogP contribution < -0.4 is 0 Å². The molecule has 2 aromatic rings. The van der Waals surface area contributed by atoms with E-state index in [9.17, 15) is 23.5 Å². The molecule has 3 rings (SSSR count). The van der Waals surface area contributed by atoms with E-state index < -0.39 is 30.1 Å². The minimum absolute atomic E-state index is 0.162. The zero-order valence-corrected chi connectivity index (χ0v) is 21.1. The van der Waals surface area contributed by atoms with Crippen LogP contribution in [0.1, 0.15) is 41.8 Å². The average Bonchev–Trinajstić information content (AvgIpc) is 2.81. The highest BCUT2D eigenvalue weighted by Gasteiger charge is 2.39. The number of carbonyl (C=O) groups excluding carboxylic acids is 2. The van der Waals surface area contributed by atoms with Crippen LogP contribution in [0.25, 0.3) is 0 Å². The van der Waals surface area contributed by atoms with Gasteiger partial charge < -0.3 is 19.5 Å². The largest absolute Gasteiger partial charge is 0.459 e. The average molecular weight is 552 g/mol. The van der Waals surface area contributed by atoms with Crippen LogP contribution in [0.4, 0.5) is 13.6 Å². The first kappa shape index (κ1) is 26.8. The third-order valence-corrected chi connectivity index (χ3v) is 6.04. The first-order chi connectivity index (χ1) is 16.6. The quantitative estimate of drug-likeness (QED) is 0.330. The lowest BCUT2D eigenvalue weighted by molar-refractivity contribution is -0.0930. The topological polar surface area (TPSA) is 76.1 Å². The van der Waals surface area contributed by atoms with Crippen molar-refractivity contribution in [3.8, 4) is 0 Å². The molecule has 9 heteroatoms. The Morgan fingerprint density at radius 3 is 2.66 bits per heavy atom. The molecular formula is C26H28BrF2NO5. The molecule has 1 heterocycles. The molecule has 0 aliphatic carbocycles. The van der Waals surface area contributed by atoms with Crippen LogP contribution in [-0.2, 0) is 21.8 Å². The molecule has 1 N–H and O–H groups in total. The van der Waals surface area contributed by atoms with Gasteiger partial charge in [0.1, 0.15) is 6.10 Å². The zero-order chi connectivity index (χ0) is 25.6. The summed E-state index contributed by atoms with van der Waals surface area (Å²) in [7, 11) is 0. The van der Waals surface area contributed by atoms with E-state index >= 15 is 0 Å². The number of halogens is 3. The van der Waals surface area contributed by atoms with E-state index in [0.29, 0.717) is 22.9 Å². The SMILES string of the molecule is CC(C)OC(=O)c1ccc(CCN2C(=O)OCC[C@@H]2C=C[C@@H](O)C(F)(F)c2cccc(Br)c2)cc1. The summed E-state index contributed by atoms with van der Waals surface area (Å²) < 4.78 is 40.2. The summed E-state index contributed by atoms with van der Waals surface area (Å²) in [6.45, 7) is 3.99. The van der Waals surface area contributed by atoms with Gasteiger partial charge in [-0.1, -0.05) is 52.3 Å². The van der Waals surface area contributed by atoms with Crippen molar-refractivity contribution in [2.75, 3.05) is 13.2 Å². The molecule has 1 aliphatic rings. The van der Waals surface area contributed by atoms with E-state index in [1.165, 1.54) is 29.2 Å². The number of hydrogen-bond donors (Lipinski definition) is 1. The fourth-order valence-corrected chi connectivity index (χ4v) is 4.06.